The summed E-state index contributed by atoms with van der Waals surface area (Å²) in [6.45, 7) is 1.94. The molecule has 1 amide bonds. The molecule has 2 N–H and O–H groups in total. The first kappa shape index (κ1) is 15.8. The Hall–Kier alpha value is -1.56. The number of carbonyl (C=O) groups is 1. The number of carbonyl (C=O) groups excluding carboxylic acids is 1. The summed E-state index contributed by atoms with van der Waals surface area (Å²) in [6.07, 6.45) is 2.66. The molecular formula is C15H18F3NO2. The van der Waals surface area contributed by atoms with Crippen LogP contribution in [-0.4, -0.2) is 23.7 Å². The summed E-state index contributed by atoms with van der Waals surface area (Å²) in [5.41, 5.74) is -1.31. The minimum atomic E-state index is -1.24. The second kappa shape index (κ2) is 6.05. The van der Waals surface area contributed by atoms with Gasteiger partial charge >= 0.3 is 0 Å². The Kier molecular flexibility index (Phi) is 4.56. The normalized spacial score (nSPS) is 25.7. The zero-order chi connectivity index (χ0) is 15.6. The number of aliphatic hydroxyl groups excluding tert-OH is 1. The third-order valence-corrected chi connectivity index (χ3v) is 4.17. The van der Waals surface area contributed by atoms with Gasteiger partial charge in [-0.1, -0.05) is 19.8 Å². The van der Waals surface area contributed by atoms with Crippen molar-refractivity contribution in [3.8, 4) is 0 Å². The average Bonchev–Trinajstić information content (AvgIpc) is 2.39. The van der Waals surface area contributed by atoms with E-state index >= 15 is 0 Å². The second-order valence-electron chi connectivity index (χ2n) is 5.84. The Balaban J connectivity index is 2.09. The third-order valence-electron chi connectivity index (χ3n) is 4.17. The highest BCUT2D eigenvalue weighted by atomic mass is 19.1. The molecule has 1 saturated carbocycles. The van der Waals surface area contributed by atoms with Gasteiger partial charge in [0.05, 0.1) is 6.10 Å². The number of amides is 1. The van der Waals surface area contributed by atoms with Crippen molar-refractivity contribution in [3.05, 3.63) is 35.1 Å². The summed E-state index contributed by atoms with van der Waals surface area (Å²) in [5.74, 6) is -4.49. The number of halogens is 3. The fourth-order valence-corrected chi connectivity index (χ4v) is 2.72. The summed E-state index contributed by atoms with van der Waals surface area (Å²) in [4.78, 5) is 11.9. The van der Waals surface area contributed by atoms with E-state index in [1.165, 1.54) is 0 Å². The quantitative estimate of drug-likeness (QED) is 0.902. The van der Waals surface area contributed by atoms with E-state index in [9.17, 15) is 23.1 Å². The van der Waals surface area contributed by atoms with Crippen LogP contribution >= 0.6 is 0 Å². The van der Waals surface area contributed by atoms with Crippen molar-refractivity contribution in [1.82, 2.24) is 5.32 Å². The Morgan fingerprint density at radius 1 is 1.33 bits per heavy atom. The van der Waals surface area contributed by atoms with Gasteiger partial charge in [-0.15, -0.1) is 0 Å². The van der Waals surface area contributed by atoms with Crippen molar-refractivity contribution in [3.63, 3.8) is 0 Å². The van der Waals surface area contributed by atoms with Crippen LogP contribution in [-0.2, 0) is 0 Å². The van der Waals surface area contributed by atoms with Gasteiger partial charge in [-0.2, -0.15) is 0 Å². The largest absolute Gasteiger partial charge is 0.392 e. The van der Waals surface area contributed by atoms with E-state index in [-0.39, 0.29) is 6.54 Å². The lowest BCUT2D eigenvalue weighted by Gasteiger charge is -2.38. The molecule has 0 saturated heterocycles. The van der Waals surface area contributed by atoms with E-state index in [1.807, 2.05) is 6.92 Å². The molecule has 6 heteroatoms. The first-order chi connectivity index (χ1) is 9.83. The minimum Gasteiger partial charge on any atom is -0.392 e. The molecule has 3 nitrogen and oxygen atoms in total. The Morgan fingerprint density at radius 3 is 2.52 bits per heavy atom. The lowest BCUT2D eigenvalue weighted by atomic mass is 9.73. The molecule has 2 rings (SSSR count). The SMILES string of the molecule is C[C@@]1(CNC(=O)c2c(F)cc(F)cc2F)CCCC[C@@H]1O. The van der Waals surface area contributed by atoms with Crippen molar-refractivity contribution in [2.75, 3.05) is 6.54 Å². The van der Waals surface area contributed by atoms with Crippen LogP contribution in [0.25, 0.3) is 0 Å². The molecule has 0 unspecified atom stereocenters. The zero-order valence-electron chi connectivity index (χ0n) is 11.8. The van der Waals surface area contributed by atoms with E-state index in [4.69, 9.17) is 0 Å². The second-order valence-corrected chi connectivity index (χ2v) is 5.84. The van der Waals surface area contributed by atoms with Crippen molar-refractivity contribution in [1.29, 1.82) is 0 Å². The molecule has 1 aromatic rings. The first-order valence-electron chi connectivity index (χ1n) is 6.94. The van der Waals surface area contributed by atoms with Gasteiger partial charge in [0.2, 0.25) is 0 Å². The van der Waals surface area contributed by atoms with Crippen LogP contribution in [0.1, 0.15) is 43.0 Å². The van der Waals surface area contributed by atoms with Gasteiger partial charge < -0.3 is 10.4 Å². The number of benzene rings is 1. The van der Waals surface area contributed by atoms with Crippen LogP contribution < -0.4 is 5.32 Å². The summed E-state index contributed by atoms with van der Waals surface area (Å²) >= 11 is 0. The smallest absolute Gasteiger partial charge is 0.257 e. The molecule has 0 radical (unpaired) electrons. The maximum Gasteiger partial charge on any atom is 0.257 e. The summed E-state index contributed by atoms with van der Waals surface area (Å²) in [5, 5.41) is 12.4. The van der Waals surface area contributed by atoms with Crippen LogP contribution in [0.2, 0.25) is 0 Å². The predicted octanol–water partition coefficient (Wildman–Crippen LogP) is 2.77. The highest BCUT2D eigenvalue weighted by Crippen LogP contribution is 2.35. The summed E-state index contributed by atoms with van der Waals surface area (Å²) in [7, 11) is 0. The molecule has 21 heavy (non-hydrogen) atoms. The van der Waals surface area contributed by atoms with Gasteiger partial charge in [-0.25, -0.2) is 13.2 Å². The number of hydrogen-bond donors (Lipinski definition) is 2. The van der Waals surface area contributed by atoms with E-state index in [1.54, 1.807) is 0 Å². The molecule has 0 heterocycles. The molecule has 1 aromatic carbocycles. The lowest BCUT2D eigenvalue weighted by molar-refractivity contribution is 0.00186. The molecule has 0 spiro atoms. The fraction of sp³-hybridized carbons (Fsp3) is 0.533. The highest BCUT2D eigenvalue weighted by Gasteiger charge is 2.36. The van der Waals surface area contributed by atoms with Crippen LogP contribution in [0.5, 0.6) is 0 Å². The van der Waals surface area contributed by atoms with E-state index in [0.29, 0.717) is 18.6 Å². The van der Waals surface area contributed by atoms with Gasteiger partial charge in [0.25, 0.3) is 5.91 Å². The molecule has 1 aliphatic carbocycles. The molecule has 116 valence electrons. The molecule has 1 fully saturated rings. The maximum absolute atomic E-state index is 13.5. The van der Waals surface area contributed by atoms with E-state index in [2.05, 4.69) is 5.32 Å². The van der Waals surface area contributed by atoms with Crippen molar-refractivity contribution in [2.45, 2.75) is 38.7 Å². The summed E-state index contributed by atoms with van der Waals surface area (Å²) in [6, 6.07) is 0.935. The number of aliphatic hydroxyl groups is 1. The predicted molar refractivity (Wildman–Crippen MR) is 71.2 cm³/mol. The molecule has 2 atom stereocenters. The van der Waals surface area contributed by atoms with E-state index < -0.39 is 40.4 Å². The van der Waals surface area contributed by atoms with Crippen molar-refractivity contribution >= 4 is 5.91 Å². The van der Waals surface area contributed by atoms with Gasteiger partial charge in [0.15, 0.2) is 0 Å². The van der Waals surface area contributed by atoms with Crippen LogP contribution in [0, 0.1) is 22.9 Å². The zero-order valence-corrected chi connectivity index (χ0v) is 11.8. The minimum absolute atomic E-state index is 0.114. The first-order valence-corrected chi connectivity index (χ1v) is 6.94. The van der Waals surface area contributed by atoms with Gasteiger partial charge in [0.1, 0.15) is 23.0 Å². The van der Waals surface area contributed by atoms with Crippen LogP contribution in [0.4, 0.5) is 13.2 Å². The highest BCUT2D eigenvalue weighted by molar-refractivity contribution is 5.94. The third kappa shape index (κ3) is 3.37. The molecule has 0 bridgehead atoms. The molecule has 0 aliphatic heterocycles. The van der Waals surface area contributed by atoms with Gasteiger partial charge in [-0.3, -0.25) is 4.79 Å². The van der Waals surface area contributed by atoms with Gasteiger partial charge in [0, 0.05) is 24.1 Å². The topological polar surface area (TPSA) is 49.3 Å². The summed E-state index contributed by atoms with van der Waals surface area (Å²) < 4.78 is 39.8. The number of nitrogens with one attached hydrogen (secondary N) is 1. The monoisotopic (exact) mass is 301 g/mol. The molecular weight excluding hydrogens is 283 g/mol. The van der Waals surface area contributed by atoms with Crippen molar-refractivity contribution < 1.29 is 23.1 Å². The average molecular weight is 301 g/mol. The van der Waals surface area contributed by atoms with E-state index in [0.717, 1.165) is 19.3 Å². The van der Waals surface area contributed by atoms with Gasteiger partial charge in [-0.05, 0) is 12.8 Å². The molecule has 0 aromatic heterocycles. The fourth-order valence-electron chi connectivity index (χ4n) is 2.72. The Morgan fingerprint density at radius 2 is 1.95 bits per heavy atom. The number of rotatable bonds is 3. The van der Waals surface area contributed by atoms with Crippen LogP contribution in [0.3, 0.4) is 0 Å². The maximum atomic E-state index is 13.5. The Bertz CT molecular complexity index is 527. The lowest BCUT2D eigenvalue weighted by Crippen LogP contribution is -2.45. The standard InChI is InChI=1S/C15H18F3NO2/c1-15(5-3-2-4-12(15)20)8-19-14(21)13-10(17)6-9(16)7-11(13)18/h6-7,12,20H,2-5,8H2,1H3,(H,19,21)/t12-,15-/m0/s1. The Labute approximate surface area is 121 Å². The molecule has 1 aliphatic rings. The van der Waals surface area contributed by atoms with Crippen molar-refractivity contribution in [2.24, 2.45) is 5.41 Å². The van der Waals surface area contributed by atoms with Crippen LogP contribution in [0.15, 0.2) is 12.1 Å². The number of hydrogen-bond acceptors (Lipinski definition) is 2.